The molecule has 0 atom stereocenters. The Balaban J connectivity index is 1.49. The Morgan fingerprint density at radius 2 is 2.08 bits per heavy atom. The van der Waals surface area contributed by atoms with Crippen LogP contribution in [0.3, 0.4) is 0 Å². The summed E-state index contributed by atoms with van der Waals surface area (Å²) in [6, 6.07) is 11.2. The molecule has 120 valence electrons. The molecule has 0 spiro atoms. The lowest BCUT2D eigenvalue weighted by atomic mass is 10.3. The van der Waals surface area contributed by atoms with Crippen molar-refractivity contribution in [3.63, 3.8) is 0 Å². The summed E-state index contributed by atoms with van der Waals surface area (Å²) >= 11 is 8.89. The summed E-state index contributed by atoms with van der Waals surface area (Å²) in [5.74, 6) is 1.62. The van der Waals surface area contributed by atoms with Crippen LogP contribution in [-0.2, 0) is 5.75 Å². The van der Waals surface area contributed by atoms with E-state index in [2.05, 4.69) is 25.7 Å². The molecule has 0 aliphatic heterocycles. The number of hydrogen-bond donors (Lipinski definition) is 0. The first kappa shape index (κ1) is 15.3. The van der Waals surface area contributed by atoms with Crippen LogP contribution in [0.4, 0.5) is 0 Å². The van der Waals surface area contributed by atoms with Gasteiger partial charge in [-0.3, -0.25) is 0 Å². The molecule has 4 rings (SSSR count). The molecule has 0 saturated heterocycles. The quantitative estimate of drug-likeness (QED) is 0.491. The van der Waals surface area contributed by atoms with Crippen molar-refractivity contribution in [2.75, 3.05) is 0 Å². The van der Waals surface area contributed by atoms with Crippen LogP contribution in [0, 0.1) is 0 Å². The zero-order valence-corrected chi connectivity index (χ0v) is 14.4. The second kappa shape index (κ2) is 6.71. The van der Waals surface area contributed by atoms with Crippen molar-refractivity contribution in [2.24, 2.45) is 0 Å². The maximum absolute atomic E-state index is 5.91. The number of hydrogen-bond acceptors (Lipinski definition) is 8. The lowest BCUT2D eigenvalue weighted by molar-refractivity contribution is 0.426. The lowest BCUT2D eigenvalue weighted by Gasteiger charge is -2.02. The highest BCUT2D eigenvalue weighted by molar-refractivity contribution is 7.98. The van der Waals surface area contributed by atoms with Crippen molar-refractivity contribution >= 4 is 34.7 Å². The second-order valence-electron chi connectivity index (χ2n) is 4.63. The Hall–Kier alpha value is -2.23. The molecule has 10 heteroatoms. The van der Waals surface area contributed by atoms with E-state index >= 15 is 0 Å². The van der Waals surface area contributed by atoms with Gasteiger partial charge in [-0.1, -0.05) is 34.6 Å². The fraction of sp³-hybridized carbons (Fsp3) is 0.0714. The topological polar surface area (TPSA) is 82.5 Å². The van der Waals surface area contributed by atoms with E-state index in [1.54, 1.807) is 28.2 Å². The third-order valence-corrected chi connectivity index (χ3v) is 5.07. The molecule has 0 saturated carbocycles. The largest absolute Gasteiger partial charge is 0.333 e. The van der Waals surface area contributed by atoms with Gasteiger partial charge in [0, 0.05) is 5.02 Å². The predicted molar refractivity (Wildman–Crippen MR) is 91.3 cm³/mol. The number of tetrazole rings is 1. The average molecular weight is 377 g/mol. The summed E-state index contributed by atoms with van der Waals surface area (Å²) in [4.78, 5) is 5.33. The van der Waals surface area contributed by atoms with Crippen LogP contribution in [0.5, 0.6) is 0 Å². The van der Waals surface area contributed by atoms with Crippen LogP contribution >= 0.6 is 34.7 Å². The third kappa shape index (κ3) is 3.18. The number of halogens is 1. The van der Waals surface area contributed by atoms with E-state index in [4.69, 9.17) is 16.1 Å². The van der Waals surface area contributed by atoms with Crippen LogP contribution in [0.2, 0.25) is 5.02 Å². The third-order valence-electron chi connectivity index (χ3n) is 3.04. The minimum absolute atomic E-state index is 0.503. The highest BCUT2D eigenvalue weighted by Gasteiger charge is 2.13. The van der Waals surface area contributed by atoms with Gasteiger partial charge in [0.2, 0.25) is 5.16 Å². The maximum Gasteiger partial charge on any atom is 0.268 e. The number of nitrogens with zero attached hydrogens (tertiary/aromatic N) is 6. The Kier molecular flexibility index (Phi) is 4.28. The minimum atomic E-state index is 0.503. The van der Waals surface area contributed by atoms with Crippen molar-refractivity contribution in [1.29, 1.82) is 0 Å². The molecular formula is C14H9ClN6OS2. The average Bonchev–Trinajstić information content (AvgIpc) is 3.34. The Labute approximate surface area is 149 Å². The van der Waals surface area contributed by atoms with Gasteiger partial charge >= 0.3 is 0 Å². The van der Waals surface area contributed by atoms with Crippen molar-refractivity contribution in [3.05, 3.63) is 52.6 Å². The molecule has 4 aromatic rings. The molecule has 0 aliphatic rings. The summed E-state index contributed by atoms with van der Waals surface area (Å²) in [7, 11) is 0. The summed E-state index contributed by atoms with van der Waals surface area (Å²) < 4.78 is 6.91. The molecule has 0 radical (unpaired) electrons. The Morgan fingerprint density at radius 1 is 1.21 bits per heavy atom. The van der Waals surface area contributed by atoms with E-state index in [9.17, 15) is 0 Å². The molecule has 1 aromatic carbocycles. The molecule has 0 fully saturated rings. The van der Waals surface area contributed by atoms with Crippen molar-refractivity contribution in [3.8, 4) is 16.5 Å². The molecule has 24 heavy (non-hydrogen) atoms. The van der Waals surface area contributed by atoms with Gasteiger partial charge in [0.25, 0.3) is 5.89 Å². The normalized spacial score (nSPS) is 11.0. The SMILES string of the molecule is Clc1ccc(-n2nnnc2SCc2noc(-c3cccs3)n2)cc1. The van der Waals surface area contributed by atoms with Crippen molar-refractivity contribution in [1.82, 2.24) is 30.3 Å². The number of benzene rings is 1. The predicted octanol–water partition coefficient (Wildman–Crippen LogP) is 3.72. The number of rotatable bonds is 5. The van der Waals surface area contributed by atoms with Crippen LogP contribution in [0.15, 0.2) is 51.5 Å². The fourth-order valence-corrected chi connectivity index (χ4v) is 3.46. The summed E-state index contributed by atoms with van der Waals surface area (Å²) in [5.41, 5.74) is 0.833. The standard InChI is InChI=1S/C14H9ClN6OS2/c15-9-3-5-10(6-4-9)21-14(17-19-20-21)24-8-12-16-13(22-18-12)11-2-1-7-23-11/h1-7H,8H2. The number of thiophene rings is 1. The van der Waals surface area contributed by atoms with Crippen LogP contribution < -0.4 is 0 Å². The Morgan fingerprint density at radius 3 is 2.88 bits per heavy atom. The lowest BCUT2D eigenvalue weighted by Crippen LogP contribution is -1.99. The van der Waals surface area contributed by atoms with Gasteiger partial charge in [0.15, 0.2) is 5.82 Å². The maximum atomic E-state index is 5.91. The molecule has 7 nitrogen and oxygen atoms in total. The smallest absolute Gasteiger partial charge is 0.268 e. The molecule has 0 aliphatic carbocycles. The van der Waals surface area contributed by atoms with E-state index in [0.29, 0.717) is 27.6 Å². The first-order valence-electron chi connectivity index (χ1n) is 6.83. The van der Waals surface area contributed by atoms with Gasteiger partial charge < -0.3 is 4.52 Å². The minimum Gasteiger partial charge on any atom is -0.333 e. The van der Waals surface area contributed by atoms with Gasteiger partial charge in [0.05, 0.1) is 16.3 Å². The number of aromatic nitrogens is 6. The van der Waals surface area contributed by atoms with Crippen molar-refractivity contribution in [2.45, 2.75) is 10.9 Å². The summed E-state index contributed by atoms with van der Waals surface area (Å²) in [6.07, 6.45) is 0. The van der Waals surface area contributed by atoms with Gasteiger partial charge in [0.1, 0.15) is 0 Å². The Bertz CT molecular complexity index is 935. The van der Waals surface area contributed by atoms with E-state index in [-0.39, 0.29) is 0 Å². The molecule has 0 amide bonds. The monoisotopic (exact) mass is 376 g/mol. The highest BCUT2D eigenvalue weighted by Crippen LogP contribution is 2.25. The van der Waals surface area contributed by atoms with Gasteiger partial charge in [-0.25, -0.2) is 0 Å². The van der Waals surface area contributed by atoms with Crippen molar-refractivity contribution < 1.29 is 4.52 Å². The molecule has 3 aromatic heterocycles. The number of thioether (sulfide) groups is 1. The molecule has 0 unspecified atom stereocenters. The second-order valence-corrected chi connectivity index (χ2v) is 6.96. The molecule has 3 heterocycles. The van der Waals surface area contributed by atoms with Gasteiger partial charge in [-0.15, -0.1) is 16.4 Å². The zero-order valence-electron chi connectivity index (χ0n) is 12.0. The molecular weight excluding hydrogens is 368 g/mol. The van der Waals surface area contributed by atoms with E-state index in [1.807, 2.05) is 29.6 Å². The first-order valence-corrected chi connectivity index (χ1v) is 9.07. The fourth-order valence-electron chi connectivity index (χ4n) is 1.96. The summed E-state index contributed by atoms with van der Waals surface area (Å²) in [5, 5.41) is 19.0. The summed E-state index contributed by atoms with van der Waals surface area (Å²) in [6.45, 7) is 0. The van der Waals surface area contributed by atoms with Crippen LogP contribution in [0.1, 0.15) is 5.82 Å². The van der Waals surface area contributed by atoms with Crippen LogP contribution in [-0.4, -0.2) is 30.3 Å². The van der Waals surface area contributed by atoms with E-state index in [1.165, 1.54) is 11.8 Å². The van der Waals surface area contributed by atoms with E-state index < -0.39 is 0 Å². The molecule has 0 bridgehead atoms. The van der Waals surface area contributed by atoms with E-state index in [0.717, 1.165) is 10.6 Å². The zero-order chi connectivity index (χ0) is 16.4. The first-order chi connectivity index (χ1) is 11.8. The van der Waals surface area contributed by atoms with Gasteiger partial charge in [-0.05, 0) is 46.1 Å². The van der Waals surface area contributed by atoms with Gasteiger partial charge in [-0.2, -0.15) is 9.67 Å². The highest BCUT2D eigenvalue weighted by atomic mass is 35.5. The molecule has 0 N–H and O–H groups in total. The van der Waals surface area contributed by atoms with Crippen LogP contribution in [0.25, 0.3) is 16.5 Å².